The summed E-state index contributed by atoms with van der Waals surface area (Å²) in [6, 6.07) is 4.14. The zero-order chi connectivity index (χ0) is 25.5. The molecule has 0 bridgehead atoms. The number of nitrogens with zero attached hydrogens (tertiary/aromatic N) is 4. The van der Waals surface area contributed by atoms with Crippen LogP contribution in [0.2, 0.25) is 0 Å². The molecule has 3 heterocycles. The molecule has 36 heavy (non-hydrogen) atoms. The van der Waals surface area contributed by atoms with E-state index >= 15 is 0 Å². The molecule has 0 spiro atoms. The highest BCUT2D eigenvalue weighted by molar-refractivity contribution is 5.90. The van der Waals surface area contributed by atoms with Gasteiger partial charge < -0.3 is 15.0 Å². The second-order valence-corrected chi connectivity index (χ2v) is 8.17. The second kappa shape index (κ2) is 11.3. The molecule has 1 aromatic carbocycles. The molecule has 186 valence electrons. The van der Waals surface area contributed by atoms with E-state index < -0.39 is 11.9 Å². The summed E-state index contributed by atoms with van der Waals surface area (Å²) in [4.78, 5) is 34.9. The van der Waals surface area contributed by atoms with Crippen LogP contribution in [-0.2, 0) is 4.74 Å². The lowest BCUT2D eigenvalue weighted by atomic mass is 10.1. The maximum absolute atomic E-state index is 14.7. The topological polar surface area (TPSA) is 101 Å². The highest BCUT2D eigenvalue weighted by Crippen LogP contribution is 2.26. The summed E-state index contributed by atoms with van der Waals surface area (Å²) in [5, 5.41) is 5.43. The van der Waals surface area contributed by atoms with E-state index in [1.807, 2.05) is 19.1 Å². The summed E-state index contributed by atoms with van der Waals surface area (Å²) in [7, 11) is 0. The summed E-state index contributed by atoms with van der Waals surface area (Å²) < 4.78 is 21.5. The smallest absolute Gasteiger partial charge is 0.412 e. The van der Waals surface area contributed by atoms with Crippen molar-refractivity contribution in [3.05, 3.63) is 79.1 Å². The highest BCUT2D eigenvalue weighted by atomic mass is 19.1. The zero-order valence-corrected chi connectivity index (χ0v) is 19.9. The molecule has 0 atom stereocenters. The lowest BCUT2D eigenvalue weighted by Crippen LogP contribution is -2.32. The van der Waals surface area contributed by atoms with Gasteiger partial charge in [0, 0.05) is 36.7 Å². The lowest BCUT2D eigenvalue weighted by Gasteiger charge is -2.16. The van der Waals surface area contributed by atoms with Crippen molar-refractivity contribution >= 4 is 29.3 Å². The van der Waals surface area contributed by atoms with E-state index in [0.29, 0.717) is 35.9 Å². The molecule has 0 saturated carbocycles. The number of carbonyl (C=O) groups excluding carboxylic acids is 2. The van der Waals surface area contributed by atoms with Crippen molar-refractivity contribution in [1.29, 1.82) is 0 Å². The summed E-state index contributed by atoms with van der Waals surface area (Å²) in [6.45, 7) is 7.01. The van der Waals surface area contributed by atoms with Gasteiger partial charge in [0.1, 0.15) is 12.4 Å². The number of halogens is 1. The van der Waals surface area contributed by atoms with Crippen molar-refractivity contribution in [3.63, 3.8) is 0 Å². The van der Waals surface area contributed by atoms with Crippen molar-refractivity contribution in [2.24, 2.45) is 0 Å². The SMILES string of the molecule is C=CC=C(C=CC)COC(=O)Nc1cnc2nc(-c3cc(NC(=O)N4CCCC4)ccc3F)cn2c1. The number of nitrogens with one attached hydrogen (secondary N) is 2. The molecule has 0 aliphatic carbocycles. The predicted octanol–water partition coefficient (Wildman–Crippen LogP) is 5.40. The lowest BCUT2D eigenvalue weighted by molar-refractivity contribution is 0.172. The number of allylic oxidation sites excluding steroid dienone is 3. The molecule has 0 unspecified atom stereocenters. The number of carbonyl (C=O) groups is 2. The molecule has 3 aromatic rings. The Morgan fingerprint density at radius 3 is 2.75 bits per heavy atom. The summed E-state index contributed by atoms with van der Waals surface area (Å²) >= 11 is 0. The molecule has 2 aromatic heterocycles. The number of ether oxygens (including phenoxy) is 1. The van der Waals surface area contributed by atoms with Crippen LogP contribution in [0, 0.1) is 5.82 Å². The van der Waals surface area contributed by atoms with Crippen molar-refractivity contribution in [2.75, 3.05) is 30.3 Å². The van der Waals surface area contributed by atoms with Crippen LogP contribution in [0.5, 0.6) is 0 Å². The van der Waals surface area contributed by atoms with Gasteiger partial charge in [-0.05, 0) is 43.5 Å². The van der Waals surface area contributed by atoms with Gasteiger partial charge in [0.2, 0.25) is 5.78 Å². The average molecular weight is 491 g/mol. The van der Waals surface area contributed by atoms with Gasteiger partial charge in [-0.3, -0.25) is 9.72 Å². The Kier molecular flexibility index (Phi) is 7.74. The van der Waals surface area contributed by atoms with Gasteiger partial charge in [-0.1, -0.05) is 30.9 Å². The highest BCUT2D eigenvalue weighted by Gasteiger charge is 2.19. The van der Waals surface area contributed by atoms with Gasteiger partial charge in [-0.2, -0.15) is 0 Å². The van der Waals surface area contributed by atoms with Crippen LogP contribution in [0.1, 0.15) is 19.8 Å². The molecule has 1 aliphatic heterocycles. The van der Waals surface area contributed by atoms with Crippen LogP contribution < -0.4 is 10.6 Å². The Hall–Kier alpha value is -4.47. The number of hydrogen-bond donors (Lipinski definition) is 2. The minimum absolute atomic E-state index is 0.0804. The van der Waals surface area contributed by atoms with Crippen molar-refractivity contribution in [3.8, 4) is 11.3 Å². The third kappa shape index (κ3) is 5.96. The minimum Gasteiger partial charge on any atom is -0.444 e. The number of fused-ring (bicyclic) bond motifs is 1. The van der Waals surface area contributed by atoms with E-state index in [4.69, 9.17) is 4.74 Å². The number of imidazole rings is 1. The largest absolute Gasteiger partial charge is 0.444 e. The monoisotopic (exact) mass is 490 g/mol. The van der Waals surface area contributed by atoms with Gasteiger partial charge in [-0.25, -0.2) is 23.9 Å². The van der Waals surface area contributed by atoms with Crippen LogP contribution in [0.15, 0.2) is 73.2 Å². The van der Waals surface area contributed by atoms with E-state index in [1.165, 1.54) is 18.3 Å². The van der Waals surface area contributed by atoms with Crippen LogP contribution in [-0.4, -0.2) is 51.1 Å². The fourth-order valence-corrected chi connectivity index (χ4v) is 3.82. The number of anilines is 2. The van der Waals surface area contributed by atoms with E-state index in [1.54, 1.807) is 39.9 Å². The molecular formula is C26H27FN6O3. The fourth-order valence-electron chi connectivity index (χ4n) is 3.82. The molecule has 3 amide bonds. The third-order valence-corrected chi connectivity index (χ3v) is 5.53. The Morgan fingerprint density at radius 2 is 2.00 bits per heavy atom. The fraction of sp³-hybridized carbons (Fsp3) is 0.231. The Bertz CT molecular complexity index is 1340. The molecule has 10 heteroatoms. The normalized spacial score (nSPS) is 13.8. The minimum atomic E-state index is -0.650. The third-order valence-electron chi connectivity index (χ3n) is 5.53. The number of benzene rings is 1. The number of hydrogen-bond acceptors (Lipinski definition) is 5. The van der Waals surface area contributed by atoms with Crippen LogP contribution in [0.4, 0.5) is 25.4 Å². The maximum Gasteiger partial charge on any atom is 0.412 e. The Labute approximate surface area is 208 Å². The molecule has 0 radical (unpaired) electrons. The van der Waals surface area contributed by atoms with Crippen molar-refractivity contribution < 1.29 is 18.7 Å². The van der Waals surface area contributed by atoms with E-state index in [2.05, 4.69) is 27.2 Å². The van der Waals surface area contributed by atoms with Crippen LogP contribution >= 0.6 is 0 Å². The predicted molar refractivity (Wildman–Crippen MR) is 136 cm³/mol. The quantitative estimate of drug-likeness (QED) is 0.432. The zero-order valence-electron chi connectivity index (χ0n) is 19.9. The van der Waals surface area contributed by atoms with Gasteiger partial charge in [-0.15, -0.1) is 0 Å². The van der Waals surface area contributed by atoms with Crippen molar-refractivity contribution in [1.82, 2.24) is 19.3 Å². The second-order valence-electron chi connectivity index (χ2n) is 8.17. The summed E-state index contributed by atoms with van der Waals surface area (Å²) in [5.74, 6) is -0.164. The average Bonchev–Trinajstić information content (AvgIpc) is 3.54. The molecule has 2 N–H and O–H groups in total. The Balaban J connectivity index is 1.47. The van der Waals surface area contributed by atoms with E-state index in [-0.39, 0.29) is 18.2 Å². The van der Waals surface area contributed by atoms with Crippen LogP contribution in [0.25, 0.3) is 17.0 Å². The number of aromatic nitrogens is 3. The van der Waals surface area contributed by atoms with E-state index in [9.17, 15) is 14.0 Å². The standard InChI is InChI=1S/C26H27FN6O3/c1-3-7-18(8-4-2)17-36-26(35)30-20-14-28-24-31-23(16-33(24)15-20)21-13-19(9-10-22(21)27)29-25(34)32-11-5-6-12-32/h3-4,7-10,13-16H,1,5-6,11-12,17H2,2H3,(H,29,34)(H,30,35). The number of likely N-dealkylation sites (tertiary alicyclic amines) is 1. The summed E-state index contributed by atoms with van der Waals surface area (Å²) in [5.41, 5.74) is 2.20. The van der Waals surface area contributed by atoms with Crippen molar-refractivity contribution in [2.45, 2.75) is 19.8 Å². The molecule has 1 fully saturated rings. The summed E-state index contributed by atoms with van der Waals surface area (Å²) in [6.07, 6.45) is 13.0. The molecule has 1 saturated heterocycles. The first-order valence-electron chi connectivity index (χ1n) is 11.6. The molecule has 4 rings (SSSR count). The maximum atomic E-state index is 14.7. The van der Waals surface area contributed by atoms with Gasteiger partial charge in [0.05, 0.1) is 17.6 Å². The van der Waals surface area contributed by atoms with Gasteiger partial charge >= 0.3 is 12.1 Å². The molecule has 1 aliphatic rings. The number of amides is 3. The number of urea groups is 1. The first kappa shape index (κ1) is 24.6. The number of rotatable bonds is 7. The Morgan fingerprint density at radius 1 is 1.19 bits per heavy atom. The molecule has 9 nitrogen and oxygen atoms in total. The van der Waals surface area contributed by atoms with Crippen LogP contribution in [0.3, 0.4) is 0 Å². The molecular weight excluding hydrogens is 463 g/mol. The first-order valence-corrected chi connectivity index (χ1v) is 11.6. The van der Waals surface area contributed by atoms with Gasteiger partial charge in [0.15, 0.2) is 0 Å². The first-order chi connectivity index (χ1) is 17.5. The van der Waals surface area contributed by atoms with Gasteiger partial charge in [0.25, 0.3) is 0 Å². The van der Waals surface area contributed by atoms with E-state index in [0.717, 1.165) is 18.4 Å².